The molecule has 0 aliphatic heterocycles. The van der Waals surface area contributed by atoms with Crippen molar-refractivity contribution in [2.45, 2.75) is 65.5 Å². The summed E-state index contributed by atoms with van der Waals surface area (Å²) in [4.78, 5) is 4.48. The van der Waals surface area contributed by atoms with Gasteiger partial charge in [-0.2, -0.15) is 0 Å². The second kappa shape index (κ2) is 10.8. The van der Waals surface area contributed by atoms with E-state index in [1.165, 1.54) is 5.56 Å². The summed E-state index contributed by atoms with van der Waals surface area (Å²) in [6, 6.07) is 8.36. The Bertz CT molecular complexity index is 946. The summed E-state index contributed by atoms with van der Waals surface area (Å²) in [5.41, 5.74) is 4.10. The first-order chi connectivity index (χ1) is 14.6. The topological polar surface area (TPSA) is 46.9 Å². The molecule has 4 nitrogen and oxygen atoms in total. The van der Waals surface area contributed by atoms with Crippen LogP contribution in [-0.2, 0) is 23.9 Å². The molecule has 0 saturated carbocycles. The van der Waals surface area contributed by atoms with Crippen molar-refractivity contribution >= 4 is 45.2 Å². The van der Waals surface area contributed by atoms with E-state index in [1.54, 1.807) is 0 Å². The number of benzene rings is 2. The fraction of sp³-hybridized carbons (Fsp3) is 0.538. The molecule has 6 heteroatoms. The van der Waals surface area contributed by atoms with Gasteiger partial charge in [0.1, 0.15) is 11.5 Å². The molecule has 178 valence electrons. The van der Waals surface area contributed by atoms with Crippen molar-refractivity contribution in [3.05, 3.63) is 53.7 Å². The van der Waals surface area contributed by atoms with E-state index < -0.39 is 0 Å². The molecule has 0 aliphatic rings. The summed E-state index contributed by atoms with van der Waals surface area (Å²) >= 11 is 4.47. The number of phenols is 2. The van der Waals surface area contributed by atoms with E-state index in [-0.39, 0.29) is 10.8 Å². The predicted molar refractivity (Wildman–Crippen MR) is 152 cm³/mol. The van der Waals surface area contributed by atoms with Crippen molar-refractivity contribution in [2.75, 3.05) is 27.2 Å². The highest BCUT2D eigenvalue weighted by Crippen LogP contribution is 2.38. The van der Waals surface area contributed by atoms with Gasteiger partial charge < -0.3 is 20.0 Å². The van der Waals surface area contributed by atoms with E-state index in [0.29, 0.717) is 24.6 Å². The maximum absolute atomic E-state index is 11.1. The van der Waals surface area contributed by atoms with Crippen LogP contribution in [0.5, 0.6) is 11.5 Å². The average Bonchev–Trinajstić information content (AvgIpc) is 2.63. The summed E-state index contributed by atoms with van der Waals surface area (Å²) in [6.07, 6.45) is 0. The molecule has 2 rings (SSSR count). The van der Waals surface area contributed by atoms with Crippen molar-refractivity contribution in [2.24, 2.45) is 0 Å². The molecule has 0 fully saturated rings. The molecule has 0 amide bonds. The number of aromatic hydroxyl groups is 2. The Hall–Kier alpha value is -0.580. The zero-order chi connectivity index (χ0) is 24.4. The van der Waals surface area contributed by atoms with E-state index in [4.69, 9.17) is 0 Å². The summed E-state index contributed by atoms with van der Waals surface area (Å²) in [5, 5.41) is 21.4. The summed E-state index contributed by atoms with van der Waals surface area (Å²) in [6.45, 7) is 16.2. The Labute approximate surface area is 221 Å². The Morgan fingerprint density at radius 1 is 0.719 bits per heavy atom. The van der Waals surface area contributed by atoms with E-state index in [1.807, 2.05) is 12.1 Å². The third kappa shape index (κ3) is 7.46. The quantitative estimate of drug-likeness (QED) is 0.334. The molecular formula is C26H38I2N2O2. The van der Waals surface area contributed by atoms with Crippen molar-refractivity contribution in [1.82, 2.24) is 9.80 Å². The van der Waals surface area contributed by atoms with E-state index in [0.717, 1.165) is 36.9 Å². The normalized spacial score (nSPS) is 12.8. The highest BCUT2D eigenvalue weighted by molar-refractivity contribution is 14.1. The lowest BCUT2D eigenvalue weighted by Gasteiger charge is -2.29. The van der Waals surface area contributed by atoms with Crippen LogP contribution < -0.4 is 0 Å². The van der Waals surface area contributed by atoms with Crippen LogP contribution in [-0.4, -0.2) is 47.2 Å². The highest BCUT2D eigenvalue weighted by Gasteiger charge is 2.25. The Morgan fingerprint density at radius 2 is 1.22 bits per heavy atom. The lowest BCUT2D eigenvalue weighted by Crippen LogP contribution is -2.30. The van der Waals surface area contributed by atoms with Gasteiger partial charge in [0.2, 0.25) is 0 Å². The smallest absolute Gasteiger partial charge is 0.133 e. The minimum Gasteiger partial charge on any atom is -0.507 e. The van der Waals surface area contributed by atoms with Gasteiger partial charge in [0.05, 0.1) is 3.57 Å². The molecule has 0 bridgehead atoms. The van der Waals surface area contributed by atoms with Crippen molar-refractivity contribution in [3.8, 4) is 11.5 Å². The predicted octanol–water partition coefficient (Wildman–Crippen LogP) is 6.47. The molecule has 0 atom stereocenters. The fourth-order valence-electron chi connectivity index (χ4n) is 3.64. The minimum atomic E-state index is -0.119. The van der Waals surface area contributed by atoms with Crippen LogP contribution in [0.2, 0.25) is 0 Å². The molecule has 0 aliphatic carbocycles. The SMILES string of the molecule is CN(CCN(C)Cc1cc(C(C)(C)C)cc(C(C)(C)C)c1O)Cc1cc(I)cc(I)c1O. The van der Waals surface area contributed by atoms with Gasteiger partial charge in [-0.15, -0.1) is 0 Å². The lowest BCUT2D eigenvalue weighted by atomic mass is 9.79. The molecule has 0 unspecified atom stereocenters. The minimum absolute atomic E-state index is 0.0218. The number of rotatable bonds is 7. The van der Waals surface area contributed by atoms with Gasteiger partial charge in [0.25, 0.3) is 0 Å². The van der Waals surface area contributed by atoms with E-state index >= 15 is 0 Å². The molecular weight excluding hydrogens is 626 g/mol. The molecule has 2 aromatic carbocycles. The first kappa shape index (κ1) is 27.7. The summed E-state index contributed by atoms with van der Waals surface area (Å²) in [5.74, 6) is 0.800. The Morgan fingerprint density at radius 3 is 1.69 bits per heavy atom. The van der Waals surface area contributed by atoms with Crippen molar-refractivity contribution in [1.29, 1.82) is 0 Å². The molecule has 0 spiro atoms. The van der Waals surface area contributed by atoms with Gasteiger partial charge in [-0.3, -0.25) is 0 Å². The number of nitrogens with zero attached hydrogens (tertiary/aromatic N) is 2. The Balaban J connectivity index is 2.12. The van der Waals surface area contributed by atoms with Crippen LogP contribution in [0.1, 0.15) is 63.8 Å². The van der Waals surface area contributed by atoms with Gasteiger partial charge in [-0.05, 0) is 93.4 Å². The third-order valence-electron chi connectivity index (χ3n) is 5.71. The van der Waals surface area contributed by atoms with Gasteiger partial charge in [-0.25, -0.2) is 0 Å². The second-order valence-electron chi connectivity index (χ2n) is 10.9. The van der Waals surface area contributed by atoms with E-state index in [9.17, 15) is 10.2 Å². The van der Waals surface area contributed by atoms with Crippen molar-refractivity contribution < 1.29 is 10.2 Å². The highest BCUT2D eigenvalue weighted by atomic mass is 127. The first-order valence-corrected chi connectivity index (χ1v) is 13.2. The second-order valence-corrected chi connectivity index (χ2v) is 13.3. The standard InChI is InChI=1S/C26H38I2N2O2/c1-25(2,3)19-11-17(23(31)21(13-19)26(4,5)6)15-29(7)9-10-30(8)16-18-12-20(27)14-22(28)24(18)32/h11-14,31-32H,9-10,15-16H2,1-8H3. The molecule has 0 radical (unpaired) electrons. The van der Waals surface area contributed by atoms with Crippen molar-refractivity contribution in [3.63, 3.8) is 0 Å². The monoisotopic (exact) mass is 664 g/mol. The zero-order valence-corrected chi connectivity index (χ0v) is 25.0. The molecule has 2 aromatic rings. The van der Waals surface area contributed by atoms with Crippen LogP contribution in [0.4, 0.5) is 0 Å². The van der Waals surface area contributed by atoms with Crippen LogP contribution in [0.3, 0.4) is 0 Å². The van der Waals surface area contributed by atoms with Gasteiger partial charge in [0.15, 0.2) is 0 Å². The molecule has 0 heterocycles. The maximum atomic E-state index is 11.1. The largest absolute Gasteiger partial charge is 0.507 e. The fourth-order valence-corrected chi connectivity index (χ4v) is 5.61. The maximum Gasteiger partial charge on any atom is 0.133 e. The average molecular weight is 664 g/mol. The van der Waals surface area contributed by atoms with Gasteiger partial charge in [-0.1, -0.05) is 53.7 Å². The number of phenolic OH excluding ortho intramolecular Hbond substituents is 2. The lowest BCUT2D eigenvalue weighted by molar-refractivity contribution is 0.243. The van der Waals surface area contributed by atoms with Gasteiger partial charge in [0, 0.05) is 40.9 Å². The molecule has 0 saturated heterocycles. The van der Waals surface area contributed by atoms with Gasteiger partial charge >= 0.3 is 0 Å². The molecule has 2 N–H and O–H groups in total. The molecule has 0 aromatic heterocycles. The Kier molecular flexibility index (Phi) is 9.32. The van der Waals surface area contributed by atoms with Crippen LogP contribution in [0.15, 0.2) is 24.3 Å². The van der Waals surface area contributed by atoms with Crippen LogP contribution >= 0.6 is 45.2 Å². The zero-order valence-electron chi connectivity index (χ0n) is 20.7. The third-order valence-corrected chi connectivity index (χ3v) is 7.16. The molecule has 32 heavy (non-hydrogen) atoms. The van der Waals surface area contributed by atoms with E-state index in [2.05, 4.69) is 123 Å². The van der Waals surface area contributed by atoms with Crippen LogP contribution in [0.25, 0.3) is 0 Å². The summed E-state index contributed by atoms with van der Waals surface area (Å²) in [7, 11) is 4.18. The first-order valence-electron chi connectivity index (χ1n) is 11.0. The number of hydrogen-bond acceptors (Lipinski definition) is 4. The number of hydrogen-bond donors (Lipinski definition) is 2. The number of halogens is 2. The van der Waals surface area contributed by atoms with Crippen LogP contribution in [0, 0.1) is 7.14 Å². The summed E-state index contributed by atoms with van der Waals surface area (Å²) < 4.78 is 2.02. The number of likely N-dealkylation sites (N-methyl/N-ethyl adjacent to an activating group) is 2.